The Hall–Kier alpha value is -2.67. The molecule has 36 heavy (non-hydrogen) atoms. The third kappa shape index (κ3) is 6.00. The Labute approximate surface area is 218 Å². The molecule has 1 aliphatic carbocycles. The number of carboxylic acid groups (broad SMARTS) is 1. The molecule has 2 N–H and O–H groups in total. The van der Waals surface area contributed by atoms with E-state index in [1.165, 1.54) is 4.88 Å². The number of nitrogens with zero attached hydrogens (tertiary/aromatic N) is 2. The van der Waals surface area contributed by atoms with Crippen molar-refractivity contribution in [1.82, 2.24) is 14.9 Å². The van der Waals surface area contributed by atoms with Gasteiger partial charge >= 0.3 is 5.97 Å². The van der Waals surface area contributed by atoms with E-state index in [2.05, 4.69) is 55.1 Å². The van der Waals surface area contributed by atoms with Crippen LogP contribution in [0.5, 0.6) is 0 Å². The minimum absolute atomic E-state index is 0.328. The lowest BCUT2D eigenvalue weighted by Crippen LogP contribution is -2.42. The van der Waals surface area contributed by atoms with E-state index in [-0.39, 0.29) is 5.91 Å². The predicted octanol–water partition coefficient (Wildman–Crippen LogP) is 6.84. The van der Waals surface area contributed by atoms with Gasteiger partial charge in [0.2, 0.25) is 0 Å². The number of hydrogen-bond donors (Lipinski definition) is 2. The lowest BCUT2D eigenvalue weighted by molar-refractivity contribution is -0.139. The largest absolute Gasteiger partial charge is 0.480 e. The molecular weight excluding hydrogens is 470 g/mol. The van der Waals surface area contributed by atoms with Crippen LogP contribution in [-0.2, 0) is 11.2 Å². The van der Waals surface area contributed by atoms with Crippen LogP contribution in [0, 0.1) is 11.3 Å². The van der Waals surface area contributed by atoms with Gasteiger partial charge in [-0.25, -0.2) is 9.78 Å². The van der Waals surface area contributed by atoms with Crippen molar-refractivity contribution in [3.63, 3.8) is 0 Å². The van der Waals surface area contributed by atoms with Gasteiger partial charge in [-0.15, -0.1) is 11.3 Å². The summed E-state index contributed by atoms with van der Waals surface area (Å²) in [6, 6.07) is 9.21. The van der Waals surface area contributed by atoms with E-state index in [1.54, 1.807) is 17.4 Å². The number of aliphatic carboxylic acids is 1. The van der Waals surface area contributed by atoms with E-state index in [0.29, 0.717) is 29.4 Å². The highest BCUT2D eigenvalue weighted by molar-refractivity contribution is 7.09. The normalized spacial score (nSPS) is 16.9. The van der Waals surface area contributed by atoms with E-state index in [1.807, 2.05) is 12.1 Å². The summed E-state index contributed by atoms with van der Waals surface area (Å²) >= 11 is 1.72. The molecule has 1 saturated carbocycles. The molecular formula is C29H39N3O3S. The van der Waals surface area contributed by atoms with Crippen molar-refractivity contribution in [2.75, 3.05) is 0 Å². The van der Waals surface area contributed by atoms with Crippen molar-refractivity contribution >= 4 is 34.2 Å². The second-order valence-corrected chi connectivity index (χ2v) is 12.1. The number of rotatable bonds is 10. The van der Waals surface area contributed by atoms with Crippen molar-refractivity contribution in [3.8, 4) is 0 Å². The van der Waals surface area contributed by atoms with Gasteiger partial charge in [-0.1, -0.05) is 33.8 Å². The number of hydrogen-bond acceptors (Lipinski definition) is 4. The highest BCUT2D eigenvalue weighted by atomic mass is 32.1. The summed E-state index contributed by atoms with van der Waals surface area (Å²) in [5, 5.41) is 14.7. The molecule has 2 aromatic heterocycles. The third-order valence-corrected chi connectivity index (χ3v) is 8.75. The summed E-state index contributed by atoms with van der Waals surface area (Å²) in [7, 11) is 0. The zero-order valence-electron chi connectivity index (χ0n) is 21.9. The highest BCUT2D eigenvalue weighted by Gasteiger charge is 2.31. The van der Waals surface area contributed by atoms with E-state index < -0.39 is 12.0 Å². The first kappa shape index (κ1) is 26.4. The lowest BCUT2D eigenvalue weighted by Gasteiger charge is -2.35. The molecule has 7 heteroatoms. The van der Waals surface area contributed by atoms with Crippen LogP contribution in [0.4, 0.5) is 0 Å². The van der Waals surface area contributed by atoms with E-state index in [0.717, 1.165) is 61.8 Å². The maximum absolute atomic E-state index is 13.1. The topological polar surface area (TPSA) is 84.2 Å². The summed E-state index contributed by atoms with van der Waals surface area (Å²) in [6.45, 7) is 8.92. The Kier molecular flexibility index (Phi) is 8.18. The number of thiophene rings is 1. The number of benzene rings is 1. The van der Waals surface area contributed by atoms with Crippen LogP contribution >= 0.6 is 11.3 Å². The van der Waals surface area contributed by atoms with Gasteiger partial charge in [0.15, 0.2) is 0 Å². The van der Waals surface area contributed by atoms with Gasteiger partial charge < -0.3 is 15.0 Å². The first-order chi connectivity index (χ1) is 17.2. The molecule has 194 valence electrons. The zero-order valence-corrected chi connectivity index (χ0v) is 22.7. The Morgan fingerprint density at radius 3 is 2.53 bits per heavy atom. The van der Waals surface area contributed by atoms with Crippen molar-refractivity contribution in [2.45, 2.75) is 91.1 Å². The Morgan fingerprint density at radius 2 is 1.92 bits per heavy atom. The number of aromatic nitrogens is 2. The molecule has 0 bridgehead atoms. The number of carboxylic acids is 1. The molecule has 4 rings (SSSR count). The molecule has 0 spiro atoms. The quantitative estimate of drug-likeness (QED) is 0.313. The van der Waals surface area contributed by atoms with Crippen LogP contribution in [0.25, 0.3) is 11.0 Å². The molecule has 1 fully saturated rings. The molecule has 3 aromatic rings. The number of imidazole rings is 1. The van der Waals surface area contributed by atoms with Gasteiger partial charge in [0.1, 0.15) is 11.9 Å². The maximum atomic E-state index is 13.1. The molecule has 1 aliphatic rings. The number of fused-ring (bicyclic) bond motifs is 1. The molecule has 0 aliphatic heterocycles. The molecule has 0 radical (unpaired) electrons. The second-order valence-electron chi connectivity index (χ2n) is 11.0. The van der Waals surface area contributed by atoms with Crippen LogP contribution in [-0.4, -0.2) is 32.6 Å². The van der Waals surface area contributed by atoms with Crippen LogP contribution in [0.15, 0.2) is 35.7 Å². The van der Waals surface area contributed by atoms with Gasteiger partial charge in [-0.2, -0.15) is 0 Å². The van der Waals surface area contributed by atoms with Gasteiger partial charge in [-0.3, -0.25) is 4.79 Å². The molecule has 0 saturated heterocycles. The highest BCUT2D eigenvalue weighted by Crippen LogP contribution is 2.39. The van der Waals surface area contributed by atoms with Crippen LogP contribution in [0.1, 0.15) is 99.7 Å². The first-order valence-electron chi connectivity index (χ1n) is 13.3. The smallest absolute Gasteiger partial charge is 0.326 e. The van der Waals surface area contributed by atoms with Crippen molar-refractivity contribution in [2.24, 2.45) is 11.3 Å². The average Bonchev–Trinajstić information content (AvgIpc) is 3.48. The van der Waals surface area contributed by atoms with Crippen LogP contribution in [0.3, 0.4) is 0 Å². The molecule has 6 nitrogen and oxygen atoms in total. The molecule has 2 heterocycles. The molecule has 1 aromatic carbocycles. The van der Waals surface area contributed by atoms with E-state index in [9.17, 15) is 14.7 Å². The molecule has 0 unspecified atom stereocenters. The fraction of sp³-hybridized carbons (Fsp3) is 0.552. The second kappa shape index (κ2) is 11.2. The average molecular weight is 510 g/mol. The standard InChI is InChI=1S/C29H39N3O3S/c1-5-21(6-2)32-25-10-9-20(17-23(25)30-26(32)18-22-8-7-15-36-22)27(33)31-24(28(34)35)16-19-11-13-29(3,4)14-12-19/h7-10,15,17,19,21,24H,5-6,11-14,16,18H2,1-4H3,(H,31,33)(H,34,35)/t24-/m0/s1. The molecule has 1 amide bonds. The van der Waals surface area contributed by atoms with Crippen molar-refractivity contribution in [1.29, 1.82) is 0 Å². The van der Waals surface area contributed by atoms with Gasteiger partial charge in [-0.05, 0) is 85.9 Å². The summed E-state index contributed by atoms with van der Waals surface area (Å²) in [5.41, 5.74) is 2.58. The number of amides is 1. The maximum Gasteiger partial charge on any atom is 0.326 e. The summed E-state index contributed by atoms with van der Waals surface area (Å²) < 4.78 is 2.32. The predicted molar refractivity (Wildman–Crippen MR) is 146 cm³/mol. The monoisotopic (exact) mass is 509 g/mol. The van der Waals surface area contributed by atoms with E-state index in [4.69, 9.17) is 4.98 Å². The van der Waals surface area contributed by atoms with Crippen LogP contribution < -0.4 is 5.32 Å². The van der Waals surface area contributed by atoms with Crippen molar-refractivity contribution < 1.29 is 14.7 Å². The van der Waals surface area contributed by atoms with Crippen molar-refractivity contribution in [3.05, 3.63) is 52.0 Å². The summed E-state index contributed by atoms with van der Waals surface area (Å²) in [4.78, 5) is 31.3. The minimum atomic E-state index is -0.967. The third-order valence-electron chi connectivity index (χ3n) is 7.88. The van der Waals surface area contributed by atoms with Gasteiger partial charge in [0.05, 0.1) is 11.0 Å². The fourth-order valence-corrected chi connectivity index (χ4v) is 6.24. The SMILES string of the molecule is CCC(CC)n1c(Cc2cccs2)nc2cc(C(=O)N[C@@H](CC3CCC(C)(C)CC3)C(=O)O)ccc21. The Morgan fingerprint density at radius 1 is 1.19 bits per heavy atom. The van der Waals surface area contributed by atoms with E-state index >= 15 is 0 Å². The minimum Gasteiger partial charge on any atom is -0.480 e. The van der Waals surface area contributed by atoms with Gasteiger partial charge in [0, 0.05) is 22.9 Å². The summed E-state index contributed by atoms with van der Waals surface area (Å²) in [6.07, 6.45) is 7.46. The number of carbonyl (C=O) groups excluding carboxylic acids is 1. The summed E-state index contributed by atoms with van der Waals surface area (Å²) in [5.74, 6) is 0.0163. The first-order valence-corrected chi connectivity index (χ1v) is 14.2. The zero-order chi connectivity index (χ0) is 25.9. The Bertz CT molecular complexity index is 1180. The van der Waals surface area contributed by atoms with Crippen LogP contribution in [0.2, 0.25) is 0 Å². The number of nitrogens with one attached hydrogen (secondary N) is 1. The number of carbonyl (C=O) groups is 2. The lowest BCUT2D eigenvalue weighted by atomic mass is 9.71. The Balaban J connectivity index is 1.55. The fourth-order valence-electron chi connectivity index (χ4n) is 5.54. The van der Waals surface area contributed by atoms with Gasteiger partial charge in [0.25, 0.3) is 5.91 Å². The molecule has 1 atom stereocenters.